The lowest BCUT2D eigenvalue weighted by atomic mass is 10.0. The number of ketones is 1. The number of carbonyl (C=O) groups is 1. The first-order chi connectivity index (χ1) is 9.04. The molecule has 1 aromatic rings. The predicted octanol–water partition coefficient (Wildman–Crippen LogP) is 1.77. The lowest BCUT2D eigenvalue weighted by Gasteiger charge is -2.21. The number of hydrogen-bond acceptors (Lipinski definition) is 4. The molecule has 2 rings (SSSR count). The van der Waals surface area contributed by atoms with E-state index in [0.717, 1.165) is 12.0 Å². The van der Waals surface area contributed by atoms with E-state index < -0.39 is 15.1 Å². The van der Waals surface area contributed by atoms with Crippen molar-refractivity contribution in [3.8, 4) is 5.75 Å². The summed E-state index contributed by atoms with van der Waals surface area (Å²) in [7, 11) is -1.71. The molecule has 4 nitrogen and oxygen atoms in total. The summed E-state index contributed by atoms with van der Waals surface area (Å²) in [6.45, 7) is 0. The number of carbonyl (C=O) groups excluding carboxylic acids is 1. The number of sulfone groups is 1. The average molecular weight is 282 g/mol. The number of hydrogen-bond donors (Lipinski definition) is 0. The molecule has 1 aliphatic heterocycles. The molecule has 1 atom stereocenters. The summed E-state index contributed by atoms with van der Waals surface area (Å²) < 4.78 is 29.0. The summed E-state index contributed by atoms with van der Waals surface area (Å²) in [5, 5.41) is -0.828. The van der Waals surface area contributed by atoms with E-state index in [1.807, 2.05) is 12.1 Å². The smallest absolute Gasteiger partial charge is 0.160 e. The van der Waals surface area contributed by atoms with Crippen molar-refractivity contribution in [2.75, 3.05) is 12.9 Å². The highest BCUT2D eigenvalue weighted by atomic mass is 32.2. The Labute approximate surface area is 113 Å². The van der Waals surface area contributed by atoms with E-state index in [1.165, 1.54) is 0 Å². The van der Waals surface area contributed by atoms with Crippen LogP contribution >= 0.6 is 0 Å². The molecule has 0 spiro atoms. The zero-order valence-electron chi connectivity index (χ0n) is 11.0. The SMILES string of the molecule is COc1ccccc1CC(=O)C1CCCCS1(=O)=O. The molecule has 1 saturated heterocycles. The fourth-order valence-corrected chi connectivity index (χ4v) is 4.37. The van der Waals surface area contributed by atoms with Crippen molar-refractivity contribution in [1.82, 2.24) is 0 Å². The van der Waals surface area contributed by atoms with E-state index in [4.69, 9.17) is 4.74 Å². The Bertz CT molecular complexity index is 563. The topological polar surface area (TPSA) is 60.4 Å². The van der Waals surface area contributed by atoms with Crippen molar-refractivity contribution < 1.29 is 17.9 Å². The van der Waals surface area contributed by atoms with Gasteiger partial charge in [0.05, 0.1) is 12.9 Å². The highest BCUT2D eigenvalue weighted by molar-refractivity contribution is 7.92. The van der Waals surface area contributed by atoms with Crippen LogP contribution in [-0.2, 0) is 21.1 Å². The van der Waals surface area contributed by atoms with Gasteiger partial charge >= 0.3 is 0 Å². The van der Waals surface area contributed by atoms with Crippen LogP contribution in [0.25, 0.3) is 0 Å². The molecule has 1 unspecified atom stereocenters. The predicted molar refractivity (Wildman–Crippen MR) is 73.1 cm³/mol. The zero-order chi connectivity index (χ0) is 13.9. The van der Waals surface area contributed by atoms with Gasteiger partial charge < -0.3 is 4.74 Å². The number of benzene rings is 1. The number of Topliss-reactive ketones (excluding diaryl/α,β-unsaturated/α-hetero) is 1. The molecule has 104 valence electrons. The molecule has 0 aliphatic carbocycles. The molecule has 0 N–H and O–H groups in total. The van der Waals surface area contributed by atoms with E-state index in [0.29, 0.717) is 18.6 Å². The van der Waals surface area contributed by atoms with Crippen molar-refractivity contribution in [1.29, 1.82) is 0 Å². The third-order valence-corrected chi connectivity index (χ3v) is 5.72. The standard InChI is InChI=1S/C14H18O4S/c1-18-13-7-3-2-6-11(13)10-12(15)14-8-4-5-9-19(14,16)17/h2-3,6-7,14H,4-5,8-10H2,1H3. The second-order valence-electron chi connectivity index (χ2n) is 4.81. The Morgan fingerprint density at radius 1 is 1.32 bits per heavy atom. The number of para-hydroxylation sites is 1. The van der Waals surface area contributed by atoms with E-state index in [-0.39, 0.29) is 18.0 Å². The summed E-state index contributed by atoms with van der Waals surface area (Å²) >= 11 is 0. The van der Waals surface area contributed by atoms with Crippen LogP contribution in [0.3, 0.4) is 0 Å². The van der Waals surface area contributed by atoms with E-state index in [1.54, 1.807) is 19.2 Å². The molecule has 0 saturated carbocycles. The van der Waals surface area contributed by atoms with Gasteiger partial charge in [0.25, 0.3) is 0 Å². The first-order valence-corrected chi connectivity index (χ1v) is 8.12. The van der Waals surface area contributed by atoms with Gasteiger partial charge in [0, 0.05) is 12.0 Å². The fraction of sp³-hybridized carbons (Fsp3) is 0.500. The molecule has 1 aliphatic rings. The maximum atomic E-state index is 12.2. The minimum absolute atomic E-state index is 0.119. The van der Waals surface area contributed by atoms with Gasteiger partial charge in [-0.2, -0.15) is 0 Å². The summed E-state index contributed by atoms with van der Waals surface area (Å²) in [5.41, 5.74) is 0.746. The van der Waals surface area contributed by atoms with Crippen LogP contribution in [0, 0.1) is 0 Å². The Balaban J connectivity index is 2.17. The molecule has 5 heteroatoms. The van der Waals surface area contributed by atoms with Gasteiger partial charge in [0.2, 0.25) is 0 Å². The van der Waals surface area contributed by atoms with Gasteiger partial charge in [-0.3, -0.25) is 4.79 Å². The molecule has 1 heterocycles. The van der Waals surface area contributed by atoms with E-state index in [2.05, 4.69) is 0 Å². The van der Waals surface area contributed by atoms with Crippen LogP contribution in [0.5, 0.6) is 5.75 Å². The van der Waals surface area contributed by atoms with Crippen LogP contribution in [-0.4, -0.2) is 32.3 Å². The Morgan fingerprint density at radius 2 is 2.05 bits per heavy atom. The maximum Gasteiger partial charge on any atom is 0.160 e. The number of ether oxygens (including phenoxy) is 1. The van der Waals surface area contributed by atoms with Crippen molar-refractivity contribution in [3.63, 3.8) is 0 Å². The van der Waals surface area contributed by atoms with E-state index in [9.17, 15) is 13.2 Å². The van der Waals surface area contributed by atoms with Crippen molar-refractivity contribution in [2.24, 2.45) is 0 Å². The van der Waals surface area contributed by atoms with Crippen LogP contribution in [0.4, 0.5) is 0 Å². The monoisotopic (exact) mass is 282 g/mol. The summed E-state index contributed by atoms with van der Waals surface area (Å²) in [6.07, 6.45) is 2.05. The first kappa shape index (κ1) is 14.1. The molecule has 0 radical (unpaired) electrons. The van der Waals surface area contributed by atoms with Gasteiger partial charge in [-0.05, 0) is 18.9 Å². The summed E-state index contributed by atoms with van der Waals surface area (Å²) in [5.74, 6) is 0.545. The third-order valence-electron chi connectivity index (χ3n) is 3.49. The first-order valence-electron chi connectivity index (χ1n) is 6.41. The summed E-state index contributed by atoms with van der Waals surface area (Å²) in [4.78, 5) is 12.2. The number of rotatable bonds is 4. The Kier molecular flexibility index (Phi) is 4.24. The van der Waals surface area contributed by atoms with Crippen LogP contribution in [0.1, 0.15) is 24.8 Å². The minimum Gasteiger partial charge on any atom is -0.496 e. The van der Waals surface area contributed by atoms with Crippen molar-refractivity contribution >= 4 is 15.6 Å². The Morgan fingerprint density at radius 3 is 2.74 bits per heavy atom. The number of methoxy groups -OCH3 is 1. The molecule has 19 heavy (non-hydrogen) atoms. The zero-order valence-corrected chi connectivity index (χ0v) is 11.8. The van der Waals surface area contributed by atoms with Gasteiger partial charge in [-0.25, -0.2) is 8.42 Å². The largest absolute Gasteiger partial charge is 0.496 e. The second-order valence-corrected chi connectivity index (χ2v) is 7.11. The van der Waals surface area contributed by atoms with E-state index >= 15 is 0 Å². The molecule has 1 fully saturated rings. The highest BCUT2D eigenvalue weighted by Gasteiger charge is 2.34. The molecule has 0 bridgehead atoms. The average Bonchev–Trinajstić information content (AvgIpc) is 2.38. The summed E-state index contributed by atoms with van der Waals surface area (Å²) in [6, 6.07) is 7.22. The lowest BCUT2D eigenvalue weighted by molar-refractivity contribution is -0.118. The molecule has 1 aromatic carbocycles. The van der Waals surface area contributed by atoms with Crippen molar-refractivity contribution in [3.05, 3.63) is 29.8 Å². The second kappa shape index (κ2) is 5.74. The molecule has 0 aromatic heterocycles. The fourth-order valence-electron chi connectivity index (χ4n) is 2.47. The molecular formula is C14H18O4S. The normalized spacial score (nSPS) is 21.8. The van der Waals surface area contributed by atoms with Gasteiger partial charge in [-0.15, -0.1) is 0 Å². The minimum atomic E-state index is -3.25. The Hall–Kier alpha value is -1.36. The molecular weight excluding hydrogens is 264 g/mol. The van der Waals surface area contributed by atoms with Crippen LogP contribution in [0.15, 0.2) is 24.3 Å². The van der Waals surface area contributed by atoms with Gasteiger partial charge in [-0.1, -0.05) is 24.6 Å². The van der Waals surface area contributed by atoms with Gasteiger partial charge in [0.1, 0.15) is 11.0 Å². The maximum absolute atomic E-state index is 12.2. The van der Waals surface area contributed by atoms with Crippen LogP contribution in [0.2, 0.25) is 0 Å². The van der Waals surface area contributed by atoms with Gasteiger partial charge in [0.15, 0.2) is 15.6 Å². The lowest BCUT2D eigenvalue weighted by Crippen LogP contribution is -2.36. The third kappa shape index (κ3) is 3.15. The molecule has 0 amide bonds. The quantitative estimate of drug-likeness (QED) is 0.844. The highest BCUT2D eigenvalue weighted by Crippen LogP contribution is 2.24. The van der Waals surface area contributed by atoms with Crippen LogP contribution < -0.4 is 4.74 Å². The van der Waals surface area contributed by atoms with Crippen molar-refractivity contribution in [2.45, 2.75) is 30.9 Å².